The van der Waals surface area contributed by atoms with Crippen molar-refractivity contribution < 1.29 is 9.53 Å². The van der Waals surface area contributed by atoms with Gasteiger partial charge >= 0.3 is 5.97 Å². The van der Waals surface area contributed by atoms with Gasteiger partial charge in [-0.3, -0.25) is 4.79 Å². The largest absolute Gasteiger partial charge is 0.465 e. The number of likely N-dealkylation sites (tertiary alicyclic amines) is 1. The van der Waals surface area contributed by atoms with Crippen LogP contribution in [0, 0.1) is 5.92 Å². The second kappa shape index (κ2) is 9.01. The van der Waals surface area contributed by atoms with Crippen LogP contribution in [-0.2, 0) is 16.0 Å². The maximum atomic E-state index is 11.7. The number of nitrogens with two attached hydrogens (primary N) is 2. The standard InChI is InChI=1S/C18H29N3O2/c1-2-23-18(22)17(20)15-8-10-21(11-9-15)13-16(19)12-14-6-4-3-5-7-14/h3-7,15-17H,2,8-13,19-20H2,1H3. The molecule has 0 spiro atoms. The Morgan fingerprint density at radius 3 is 2.52 bits per heavy atom. The lowest BCUT2D eigenvalue weighted by Crippen LogP contribution is -2.48. The van der Waals surface area contributed by atoms with Crippen LogP contribution in [0.1, 0.15) is 25.3 Å². The van der Waals surface area contributed by atoms with Gasteiger partial charge in [0.1, 0.15) is 6.04 Å². The fourth-order valence-electron chi connectivity index (χ4n) is 3.24. The Labute approximate surface area is 139 Å². The van der Waals surface area contributed by atoms with Crippen molar-refractivity contribution in [1.29, 1.82) is 0 Å². The van der Waals surface area contributed by atoms with Crippen LogP contribution in [-0.4, -0.2) is 49.2 Å². The molecule has 2 rings (SSSR count). The third-order valence-electron chi connectivity index (χ3n) is 4.53. The van der Waals surface area contributed by atoms with Crippen molar-refractivity contribution in [1.82, 2.24) is 4.90 Å². The lowest BCUT2D eigenvalue weighted by molar-refractivity contribution is -0.146. The van der Waals surface area contributed by atoms with E-state index in [9.17, 15) is 4.79 Å². The third-order valence-corrected chi connectivity index (χ3v) is 4.53. The zero-order valence-corrected chi connectivity index (χ0v) is 14.0. The summed E-state index contributed by atoms with van der Waals surface area (Å²) in [7, 11) is 0. The van der Waals surface area contributed by atoms with E-state index in [2.05, 4.69) is 17.0 Å². The number of esters is 1. The van der Waals surface area contributed by atoms with Crippen LogP contribution in [0.15, 0.2) is 30.3 Å². The normalized spacial score (nSPS) is 19.3. The minimum atomic E-state index is -0.491. The topological polar surface area (TPSA) is 81.6 Å². The first-order chi connectivity index (χ1) is 11.1. The monoisotopic (exact) mass is 319 g/mol. The molecule has 1 aromatic carbocycles. The molecule has 0 aromatic heterocycles. The van der Waals surface area contributed by atoms with Crippen LogP contribution in [0.2, 0.25) is 0 Å². The highest BCUT2D eigenvalue weighted by Gasteiger charge is 2.29. The molecule has 1 heterocycles. The summed E-state index contributed by atoms with van der Waals surface area (Å²) in [5, 5.41) is 0. The molecule has 1 aliphatic heterocycles. The van der Waals surface area contributed by atoms with Gasteiger partial charge in [-0.05, 0) is 50.8 Å². The third kappa shape index (κ3) is 5.61. The van der Waals surface area contributed by atoms with Crippen LogP contribution in [0.5, 0.6) is 0 Å². The van der Waals surface area contributed by atoms with Crippen molar-refractivity contribution in [2.24, 2.45) is 17.4 Å². The molecule has 128 valence electrons. The van der Waals surface area contributed by atoms with Crippen molar-refractivity contribution in [2.75, 3.05) is 26.2 Å². The lowest BCUT2D eigenvalue weighted by Gasteiger charge is -2.35. The summed E-state index contributed by atoms with van der Waals surface area (Å²) >= 11 is 0. The molecule has 5 nitrogen and oxygen atoms in total. The van der Waals surface area contributed by atoms with Gasteiger partial charge in [0.05, 0.1) is 6.61 Å². The number of nitrogens with zero attached hydrogens (tertiary/aromatic N) is 1. The molecule has 0 saturated carbocycles. The summed E-state index contributed by atoms with van der Waals surface area (Å²) in [6.45, 7) is 4.97. The van der Waals surface area contributed by atoms with Gasteiger partial charge in [0, 0.05) is 12.6 Å². The quantitative estimate of drug-likeness (QED) is 0.737. The van der Waals surface area contributed by atoms with Crippen molar-refractivity contribution in [2.45, 2.75) is 38.3 Å². The second-order valence-electron chi connectivity index (χ2n) is 6.37. The number of carbonyl (C=O) groups is 1. The van der Waals surface area contributed by atoms with E-state index in [1.54, 1.807) is 6.92 Å². The fourth-order valence-corrected chi connectivity index (χ4v) is 3.24. The number of piperidine rings is 1. The minimum Gasteiger partial charge on any atom is -0.465 e. The minimum absolute atomic E-state index is 0.132. The number of hydrogen-bond acceptors (Lipinski definition) is 5. The van der Waals surface area contributed by atoms with E-state index in [4.69, 9.17) is 16.2 Å². The Morgan fingerprint density at radius 2 is 1.91 bits per heavy atom. The first-order valence-corrected chi connectivity index (χ1v) is 8.54. The van der Waals surface area contributed by atoms with E-state index in [1.165, 1.54) is 5.56 Å². The smallest absolute Gasteiger partial charge is 0.323 e. The molecular formula is C18H29N3O2. The molecule has 0 radical (unpaired) electrons. The van der Waals surface area contributed by atoms with Crippen LogP contribution in [0.4, 0.5) is 0 Å². The highest BCUT2D eigenvalue weighted by molar-refractivity contribution is 5.75. The van der Waals surface area contributed by atoms with E-state index >= 15 is 0 Å². The van der Waals surface area contributed by atoms with Gasteiger partial charge in [-0.25, -0.2) is 0 Å². The van der Waals surface area contributed by atoms with E-state index in [0.717, 1.165) is 38.9 Å². The Balaban J connectivity index is 1.73. The highest BCUT2D eigenvalue weighted by atomic mass is 16.5. The molecular weight excluding hydrogens is 290 g/mol. The first kappa shape index (κ1) is 17.9. The molecule has 0 bridgehead atoms. The molecule has 4 N–H and O–H groups in total. The molecule has 2 atom stereocenters. The Morgan fingerprint density at radius 1 is 1.26 bits per heavy atom. The van der Waals surface area contributed by atoms with Crippen molar-refractivity contribution >= 4 is 5.97 Å². The van der Waals surface area contributed by atoms with Gasteiger partial charge in [0.2, 0.25) is 0 Å². The van der Waals surface area contributed by atoms with Gasteiger partial charge in [-0.15, -0.1) is 0 Å². The average molecular weight is 319 g/mol. The molecule has 1 aromatic rings. The molecule has 23 heavy (non-hydrogen) atoms. The van der Waals surface area contributed by atoms with Crippen LogP contribution in [0.3, 0.4) is 0 Å². The number of carbonyl (C=O) groups excluding carboxylic acids is 1. The summed E-state index contributed by atoms with van der Waals surface area (Å²) in [6, 6.07) is 9.98. The maximum Gasteiger partial charge on any atom is 0.323 e. The van der Waals surface area contributed by atoms with Crippen molar-refractivity contribution in [3.63, 3.8) is 0 Å². The fraction of sp³-hybridized carbons (Fsp3) is 0.611. The summed E-state index contributed by atoms with van der Waals surface area (Å²) in [6.07, 6.45) is 2.75. The summed E-state index contributed by atoms with van der Waals surface area (Å²) in [5.41, 5.74) is 13.6. The van der Waals surface area contributed by atoms with Crippen LogP contribution in [0.25, 0.3) is 0 Å². The molecule has 1 fully saturated rings. The summed E-state index contributed by atoms with van der Waals surface area (Å²) in [5.74, 6) is -0.0534. The predicted molar refractivity (Wildman–Crippen MR) is 91.9 cm³/mol. The molecule has 2 unspecified atom stereocenters. The van der Waals surface area contributed by atoms with Gasteiger partial charge in [-0.1, -0.05) is 30.3 Å². The van der Waals surface area contributed by atoms with Crippen molar-refractivity contribution in [3.05, 3.63) is 35.9 Å². The SMILES string of the molecule is CCOC(=O)C(N)C1CCN(CC(N)Cc2ccccc2)CC1. The van der Waals surface area contributed by atoms with E-state index in [0.29, 0.717) is 6.61 Å². The van der Waals surface area contributed by atoms with Gasteiger partial charge in [0.25, 0.3) is 0 Å². The van der Waals surface area contributed by atoms with E-state index in [-0.39, 0.29) is 17.9 Å². The van der Waals surface area contributed by atoms with Gasteiger partial charge in [-0.2, -0.15) is 0 Å². The Hall–Kier alpha value is -1.43. The summed E-state index contributed by atoms with van der Waals surface area (Å²) in [4.78, 5) is 14.1. The lowest BCUT2D eigenvalue weighted by atomic mass is 9.89. The second-order valence-corrected chi connectivity index (χ2v) is 6.37. The highest BCUT2D eigenvalue weighted by Crippen LogP contribution is 2.20. The van der Waals surface area contributed by atoms with Crippen molar-refractivity contribution in [3.8, 4) is 0 Å². The Bertz CT molecular complexity index is 472. The molecule has 1 saturated heterocycles. The molecule has 5 heteroatoms. The molecule has 1 aliphatic rings. The van der Waals surface area contributed by atoms with Gasteiger partial charge < -0.3 is 21.1 Å². The zero-order valence-electron chi connectivity index (χ0n) is 14.0. The molecule has 0 aliphatic carbocycles. The van der Waals surface area contributed by atoms with E-state index in [1.807, 2.05) is 18.2 Å². The number of ether oxygens (including phenoxy) is 1. The maximum absolute atomic E-state index is 11.7. The van der Waals surface area contributed by atoms with Crippen LogP contribution < -0.4 is 11.5 Å². The molecule has 0 amide bonds. The van der Waals surface area contributed by atoms with E-state index < -0.39 is 6.04 Å². The predicted octanol–water partition coefficient (Wildman–Crippen LogP) is 1.16. The summed E-state index contributed by atoms with van der Waals surface area (Å²) < 4.78 is 5.02. The first-order valence-electron chi connectivity index (χ1n) is 8.54. The number of rotatable bonds is 7. The number of benzene rings is 1. The zero-order chi connectivity index (χ0) is 16.7. The number of hydrogen-bond donors (Lipinski definition) is 2. The average Bonchev–Trinajstić information content (AvgIpc) is 2.56. The van der Waals surface area contributed by atoms with Crippen LogP contribution >= 0.6 is 0 Å². The Kier molecular flexibility index (Phi) is 7.02. The van der Waals surface area contributed by atoms with Gasteiger partial charge in [0.15, 0.2) is 0 Å².